The Kier molecular flexibility index (Phi) is 5.29. The van der Waals surface area contributed by atoms with E-state index in [9.17, 15) is 13.2 Å². The average Bonchev–Trinajstić information content (AvgIpc) is 2.45. The number of hydrogen-bond acceptors (Lipinski definition) is 4. The summed E-state index contributed by atoms with van der Waals surface area (Å²) in [7, 11) is -3.13. The first kappa shape index (κ1) is 16.3. The lowest BCUT2D eigenvalue weighted by Crippen LogP contribution is -2.39. The number of carboxylic acid groups (broad SMARTS) is 1. The summed E-state index contributed by atoms with van der Waals surface area (Å²) in [6.07, 6.45) is 3.08. The molecular weight excluding hydrogens is 310 g/mol. The lowest BCUT2D eigenvalue weighted by molar-refractivity contribution is 0.0693. The van der Waals surface area contributed by atoms with Crippen molar-refractivity contribution in [1.82, 2.24) is 4.31 Å². The first-order valence-electron chi connectivity index (χ1n) is 6.78. The SMILES string of the molecule is CS(=O)(=O)N1CCCC(CSc2ccccc2C(=O)O)C1. The van der Waals surface area contributed by atoms with Crippen molar-refractivity contribution < 1.29 is 18.3 Å². The zero-order chi connectivity index (χ0) is 15.5. The standard InChI is InChI=1S/C14H19NO4S2/c1-21(18,19)15-8-4-5-11(9-15)10-20-13-7-3-2-6-12(13)14(16)17/h2-3,6-7,11H,4-5,8-10H2,1H3,(H,16,17). The van der Waals surface area contributed by atoms with Gasteiger partial charge >= 0.3 is 5.97 Å². The monoisotopic (exact) mass is 329 g/mol. The maximum Gasteiger partial charge on any atom is 0.336 e. The molecule has 1 heterocycles. The summed E-state index contributed by atoms with van der Waals surface area (Å²) < 4.78 is 24.7. The van der Waals surface area contributed by atoms with Gasteiger partial charge in [-0.2, -0.15) is 0 Å². The van der Waals surface area contributed by atoms with E-state index < -0.39 is 16.0 Å². The van der Waals surface area contributed by atoms with Gasteiger partial charge < -0.3 is 5.11 Å². The summed E-state index contributed by atoms with van der Waals surface area (Å²) in [4.78, 5) is 11.9. The van der Waals surface area contributed by atoms with Crippen molar-refractivity contribution in [3.05, 3.63) is 29.8 Å². The summed E-state index contributed by atoms with van der Waals surface area (Å²) in [6, 6.07) is 6.91. The van der Waals surface area contributed by atoms with Crippen LogP contribution in [0.5, 0.6) is 0 Å². The average molecular weight is 329 g/mol. The topological polar surface area (TPSA) is 74.7 Å². The summed E-state index contributed by atoms with van der Waals surface area (Å²) in [5.74, 6) is 0.0656. The minimum Gasteiger partial charge on any atom is -0.478 e. The second-order valence-electron chi connectivity index (χ2n) is 5.24. The maximum atomic E-state index is 11.6. The van der Waals surface area contributed by atoms with Gasteiger partial charge in [0, 0.05) is 23.7 Å². The Bertz CT molecular complexity index is 615. The van der Waals surface area contributed by atoms with Crippen LogP contribution in [0.1, 0.15) is 23.2 Å². The Morgan fingerprint density at radius 3 is 2.81 bits per heavy atom. The van der Waals surface area contributed by atoms with E-state index in [1.807, 2.05) is 6.07 Å². The minimum atomic E-state index is -3.13. The van der Waals surface area contributed by atoms with Crippen LogP contribution in [0.15, 0.2) is 29.2 Å². The molecule has 21 heavy (non-hydrogen) atoms. The largest absolute Gasteiger partial charge is 0.478 e. The molecule has 2 rings (SSSR count). The van der Waals surface area contributed by atoms with Gasteiger partial charge in [0.1, 0.15) is 0 Å². The van der Waals surface area contributed by atoms with Crippen LogP contribution >= 0.6 is 11.8 Å². The van der Waals surface area contributed by atoms with Crippen LogP contribution in [0.4, 0.5) is 0 Å². The Morgan fingerprint density at radius 1 is 1.43 bits per heavy atom. The number of carboxylic acids is 1. The Hall–Kier alpha value is -1.05. The molecule has 0 radical (unpaired) electrons. The van der Waals surface area contributed by atoms with Gasteiger partial charge in [-0.05, 0) is 30.9 Å². The molecule has 1 aromatic carbocycles. The molecule has 1 aromatic rings. The van der Waals surface area contributed by atoms with Crippen molar-refractivity contribution in [2.45, 2.75) is 17.7 Å². The van der Waals surface area contributed by atoms with Crippen molar-refractivity contribution in [3.63, 3.8) is 0 Å². The quantitative estimate of drug-likeness (QED) is 0.838. The van der Waals surface area contributed by atoms with Crippen LogP contribution in [0.25, 0.3) is 0 Å². The Labute approximate surface area is 129 Å². The number of benzene rings is 1. The van der Waals surface area contributed by atoms with Gasteiger partial charge in [0.2, 0.25) is 10.0 Å². The molecule has 1 aliphatic heterocycles. The number of aromatic carboxylic acids is 1. The van der Waals surface area contributed by atoms with Crippen LogP contribution in [0.3, 0.4) is 0 Å². The lowest BCUT2D eigenvalue weighted by atomic mass is 10.0. The molecule has 0 spiro atoms. The molecule has 1 aliphatic rings. The molecule has 0 amide bonds. The van der Waals surface area contributed by atoms with Crippen molar-refractivity contribution in [2.75, 3.05) is 25.1 Å². The number of nitrogens with zero attached hydrogens (tertiary/aromatic N) is 1. The molecule has 1 fully saturated rings. The molecule has 0 aliphatic carbocycles. The van der Waals surface area contributed by atoms with E-state index in [1.54, 1.807) is 18.2 Å². The molecule has 5 nitrogen and oxygen atoms in total. The van der Waals surface area contributed by atoms with Crippen LogP contribution < -0.4 is 0 Å². The smallest absolute Gasteiger partial charge is 0.336 e. The fraction of sp³-hybridized carbons (Fsp3) is 0.500. The third kappa shape index (κ3) is 4.46. The van der Waals surface area contributed by atoms with Crippen molar-refractivity contribution in [1.29, 1.82) is 0 Å². The van der Waals surface area contributed by atoms with E-state index >= 15 is 0 Å². The fourth-order valence-electron chi connectivity index (χ4n) is 2.44. The molecule has 0 saturated carbocycles. The first-order valence-corrected chi connectivity index (χ1v) is 9.61. The molecule has 1 unspecified atom stereocenters. The zero-order valence-electron chi connectivity index (χ0n) is 11.9. The Balaban J connectivity index is 1.99. The molecule has 7 heteroatoms. The normalized spacial score (nSPS) is 20.3. The van der Waals surface area contributed by atoms with Crippen LogP contribution in [-0.2, 0) is 10.0 Å². The minimum absolute atomic E-state index is 0.264. The summed E-state index contributed by atoms with van der Waals surface area (Å²) >= 11 is 1.49. The fourth-order valence-corrected chi connectivity index (χ4v) is 4.56. The molecule has 0 bridgehead atoms. The second-order valence-corrected chi connectivity index (χ2v) is 8.29. The number of hydrogen-bond donors (Lipinski definition) is 1. The van der Waals surface area contributed by atoms with E-state index in [4.69, 9.17) is 5.11 Å². The van der Waals surface area contributed by atoms with Crippen LogP contribution in [0, 0.1) is 5.92 Å². The van der Waals surface area contributed by atoms with Gasteiger partial charge in [0.25, 0.3) is 0 Å². The third-order valence-corrected chi connectivity index (χ3v) is 6.12. The van der Waals surface area contributed by atoms with Gasteiger partial charge in [-0.25, -0.2) is 17.5 Å². The number of carbonyl (C=O) groups is 1. The number of piperidine rings is 1. The van der Waals surface area contributed by atoms with Gasteiger partial charge in [-0.3, -0.25) is 0 Å². The van der Waals surface area contributed by atoms with Gasteiger partial charge in [0.05, 0.1) is 11.8 Å². The predicted octanol–water partition coefficient (Wildman–Crippen LogP) is 2.15. The highest BCUT2D eigenvalue weighted by Crippen LogP contribution is 2.28. The number of thioether (sulfide) groups is 1. The highest BCUT2D eigenvalue weighted by molar-refractivity contribution is 7.99. The third-order valence-electron chi connectivity index (χ3n) is 3.54. The molecular formula is C14H19NO4S2. The van der Waals surface area contributed by atoms with E-state index in [-0.39, 0.29) is 5.92 Å². The van der Waals surface area contributed by atoms with Crippen molar-refractivity contribution in [2.24, 2.45) is 5.92 Å². The van der Waals surface area contributed by atoms with Crippen molar-refractivity contribution >= 4 is 27.8 Å². The summed E-state index contributed by atoms with van der Waals surface area (Å²) in [5, 5.41) is 9.15. The van der Waals surface area contributed by atoms with Gasteiger partial charge in [0.15, 0.2) is 0 Å². The second kappa shape index (κ2) is 6.81. The highest BCUT2D eigenvalue weighted by Gasteiger charge is 2.26. The predicted molar refractivity (Wildman–Crippen MR) is 83.3 cm³/mol. The molecule has 1 saturated heterocycles. The molecule has 1 atom stereocenters. The molecule has 1 N–H and O–H groups in total. The van der Waals surface area contributed by atoms with Gasteiger partial charge in [-0.1, -0.05) is 12.1 Å². The molecule has 116 valence electrons. The number of rotatable bonds is 5. The van der Waals surface area contributed by atoms with E-state index in [0.29, 0.717) is 18.7 Å². The van der Waals surface area contributed by atoms with Crippen LogP contribution in [-0.4, -0.2) is 48.9 Å². The maximum absolute atomic E-state index is 11.6. The van der Waals surface area contributed by atoms with E-state index in [1.165, 1.54) is 22.3 Å². The van der Waals surface area contributed by atoms with Crippen molar-refractivity contribution in [3.8, 4) is 0 Å². The highest BCUT2D eigenvalue weighted by atomic mass is 32.2. The lowest BCUT2D eigenvalue weighted by Gasteiger charge is -2.30. The van der Waals surface area contributed by atoms with Crippen LogP contribution in [0.2, 0.25) is 0 Å². The zero-order valence-corrected chi connectivity index (χ0v) is 13.5. The Morgan fingerprint density at radius 2 is 2.14 bits per heavy atom. The van der Waals surface area contributed by atoms with E-state index in [0.717, 1.165) is 23.5 Å². The molecule has 0 aromatic heterocycles. The van der Waals surface area contributed by atoms with Gasteiger partial charge in [-0.15, -0.1) is 11.8 Å². The number of sulfonamides is 1. The summed E-state index contributed by atoms with van der Waals surface area (Å²) in [6.45, 7) is 1.12. The van der Waals surface area contributed by atoms with E-state index in [2.05, 4.69) is 0 Å². The first-order chi connectivity index (χ1) is 9.88. The summed E-state index contributed by atoms with van der Waals surface area (Å²) in [5.41, 5.74) is 0.304.